The van der Waals surface area contributed by atoms with E-state index in [2.05, 4.69) is 20.8 Å². The molecule has 1 aromatic carbocycles. The number of ether oxygens (including phenoxy) is 2. The van der Waals surface area contributed by atoms with E-state index in [0.717, 1.165) is 6.42 Å². The van der Waals surface area contributed by atoms with Gasteiger partial charge in [0.15, 0.2) is 0 Å². The van der Waals surface area contributed by atoms with Crippen LogP contribution in [-0.2, 0) is 4.57 Å². The molecule has 0 bridgehead atoms. The first-order valence-corrected chi connectivity index (χ1v) is 8.83. The highest BCUT2D eigenvalue weighted by Gasteiger charge is 2.24. The zero-order valence-corrected chi connectivity index (χ0v) is 15.2. The van der Waals surface area contributed by atoms with Crippen molar-refractivity contribution < 1.29 is 18.8 Å². The van der Waals surface area contributed by atoms with Crippen molar-refractivity contribution in [3.8, 4) is 11.5 Å². The predicted molar refractivity (Wildman–Crippen MR) is 89.6 cm³/mol. The molecule has 0 amide bonds. The third-order valence-corrected chi connectivity index (χ3v) is 4.95. The van der Waals surface area contributed by atoms with Gasteiger partial charge in [-0.25, -0.2) is 0 Å². The first-order valence-electron chi connectivity index (χ1n) is 7.39. The number of carbonyl (C=O) groups excluding carboxylic acids is 1. The topological polar surface area (TPSA) is 52.6 Å². The molecule has 0 heterocycles. The van der Waals surface area contributed by atoms with Crippen molar-refractivity contribution in [1.82, 2.24) is 0 Å². The average Bonchev–Trinajstić information content (AvgIpc) is 2.43. The summed E-state index contributed by atoms with van der Waals surface area (Å²) in [6, 6.07) is 4.92. The van der Waals surface area contributed by atoms with Gasteiger partial charge in [0.05, 0.1) is 19.8 Å². The molecule has 0 aliphatic rings. The molecule has 22 heavy (non-hydrogen) atoms. The summed E-state index contributed by atoms with van der Waals surface area (Å²) < 4.78 is 22.7. The van der Waals surface area contributed by atoms with Gasteiger partial charge in [0.2, 0.25) is 5.52 Å². The van der Waals surface area contributed by atoms with E-state index in [0.29, 0.717) is 23.2 Å². The summed E-state index contributed by atoms with van der Waals surface area (Å²) in [5.41, 5.74) is 0.166. The Morgan fingerprint density at radius 3 is 2.36 bits per heavy atom. The largest absolute Gasteiger partial charge is 0.497 e. The Kier molecular flexibility index (Phi) is 6.55. The fourth-order valence-corrected chi connectivity index (χ4v) is 3.90. The summed E-state index contributed by atoms with van der Waals surface area (Å²) in [5, 5.41) is 0. The zero-order valence-electron chi connectivity index (χ0n) is 14.3. The van der Waals surface area contributed by atoms with Crippen LogP contribution in [0.1, 0.15) is 44.5 Å². The lowest BCUT2D eigenvalue weighted by Gasteiger charge is -2.22. The maximum absolute atomic E-state index is 12.4. The van der Waals surface area contributed by atoms with Gasteiger partial charge in [0, 0.05) is 12.2 Å². The van der Waals surface area contributed by atoms with E-state index in [9.17, 15) is 9.36 Å². The molecule has 0 saturated heterocycles. The minimum absolute atomic E-state index is 0.163. The Bertz CT molecular complexity index is 546. The zero-order chi connectivity index (χ0) is 16.9. The van der Waals surface area contributed by atoms with Crippen LogP contribution in [0.4, 0.5) is 0 Å². The van der Waals surface area contributed by atoms with Crippen LogP contribution in [-0.4, -0.2) is 25.9 Å². The number of hydrogen-bond donors (Lipinski definition) is 0. The monoisotopic (exact) mass is 325 g/mol. The average molecular weight is 325 g/mol. The summed E-state index contributed by atoms with van der Waals surface area (Å²) >= 11 is 0. The molecule has 2 atom stereocenters. The van der Waals surface area contributed by atoms with Crippen molar-refractivity contribution >= 4 is 13.3 Å². The fourth-order valence-electron chi connectivity index (χ4n) is 2.59. The molecule has 5 heteroatoms. The Morgan fingerprint density at radius 1 is 1.23 bits per heavy atom. The van der Waals surface area contributed by atoms with Crippen LogP contribution >= 0.6 is 7.80 Å². The molecule has 1 rings (SSSR count). The van der Waals surface area contributed by atoms with E-state index in [1.54, 1.807) is 25.3 Å². The highest BCUT2D eigenvalue weighted by Crippen LogP contribution is 2.37. The Hall–Kier alpha value is -1.41. The molecular weight excluding hydrogens is 299 g/mol. The van der Waals surface area contributed by atoms with E-state index < -0.39 is 7.80 Å². The number of carbonyl (C=O) groups is 1. The highest BCUT2D eigenvalue weighted by atomic mass is 31.1. The van der Waals surface area contributed by atoms with E-state index >= 15 is 0 Å². The molecule has 0 N–H and O–H groups in total. The van der Waals surface area contributed by atoms with Crippen LogP contribution in [0.5, 0.6) is 11.5 Å². The molecular formula is C17H26O4P. The van der Waals surface area contributed by atoms with Gasteiger partial charge < -0.3 is 9.47 Å². The van der Waals surface area contributed by atoms with Crippen LogP contribution in [0.25, 0.3) is 0 Å². The van der Waals surface area contributed by atoms with Crippen molar-refractivity contribution in [2.24, 2.45) is 11.3 Å². The van der Waals surface area contributed by atoms with Gasteiger partial charge in [0.25, 0.3) is 0 Å². The molecule has 4 nitrogen and oxygen atoms in total. The predicted octanol–water partition coefficient (Wildman–Crippen LogP) is 4.74. The lowest BCUT2D eigenvalue weighted by molar-refractivity contribution is 0.107. The molecule has 0 aliphatic carbocycles. The van der Waals surface area contributed by atoms with Gasteiger partial charge in [-0.05, 0) is 29.9 Å². The van der Waals surface area contributed by atoms with Gasteiger partial charge >= 0.3 is 0 Å². The molecule has 2 unspecified atom stereocenters. The molecule has 0 saturated carbocycles. The SMILES string of the molecule is COc1ccc(C(=O)[P](=O)CC(C)CC(C)(C)C)c(OC)c1. The second kappa shape index (κ2) is 7.73. The maximum atomic E-state index is 12.4. The number of hydrogen-bond acceptors (Lipinski definition) is 4. The first kappa shape index (κ1) is 18.6. The normalized spacial score (nSPS) is 13.5. The number of methoxy groups -OCH3 is 2. The number of rotatable bonds is 7. The van der Waals surface area contributed by atoms with Crippen LogP contribution in [0.2, 0.25) is 0 Å². The highest BCUT2D eigenvalue weighted by molar-refractivity contribution is 7.64. The standard InChI is InChI=1S/C17H26O4P/c1-12(10-17(2,3)4)11-22(19)16(18)14-8-7-13(20-5)9-15(14)21-6/h7-9,12H,10-11H2,1-6H3. The van der Waals surface area contributed by atoms with Crippen molar-refractivity contribution in [3.05, 3.63) is 23.8 Å². The molecule has 0 spiro atoms. The summed E-state index contributed by atoms with van der Waals surface area (Å²) in [6.07, 6.45) is 1.34. The van der Waals surface area contributed by atoms with E-state index in [1.807, 2.05) is 6.92 Å². The number of benzene rings is 1. The maximum Gasteiger partial charge on any atom is 0.245 e. The Morgan fingerprint density at radius 2 is 1.86 bits per heavy atom. The minimum Gasteiger partial charge on any atom is -0.497 e. The molecule has 0 aromatic heterocycles. The van der Waals surface area contributed by atoms with Gasteiger partial charge in [-0.15, -0.1) is 0 Å². The first-order chi connectivity index (χ1) is 10.2. The van der Waals surface area contributed by atoms with Crippen LogP contribution in [0.15, 0.2) is 18.2 Å². The summed E-state index contributed by atoms with van der Waals surface area (Å²) in [5.74, 6) is 1.23. The summed E-state index contributed by atoms with van der Waals surface area (Å²) in [7, 11) is 1.08. The Balaban J connectivity index is 2.85. The van der Waals surface area contributed by atoms with Gasteiger partial charge in [0.1, 0.15) is 19.3 Å². The van der Waals surface area contributed by atoms with Crippen LogP contribution in [0, 0.1) is 11.3 Å². The lowest BCUT2D eigenvalue weighted by atomic mass is 9.86. The van der Waals surface area contributed by atoms with Crippen molar-refractivity contribution in [3.63, 3.8) is 0 Å². The van der Waals surface area contributed by atoms with E-state index in [1.165, 1.54) is 7.11 Å². The van der Waals surface area contributed by atoms with E-state index in [-0.39, 0.29) is 16.9 Å². The summed E-state index contributed by atoms with van der Waals surface area (Å²) in [6.45, 7) is 8.47. The van der Waals surface area contributed by atoms with E-state index in [4.69, 9.17) is 9.47 Å². The summed E-state index contributed by atoms with van der Waals surface area (Å²) in [4.78, 5) is 12.4. The van der Waals surface area contributed by atoms with Gasteiger partial charge in [-0.1, -0.05) is 27.7 Å². The van der Waals surface area contributed by atoms with Crippen molar-refractivity contribution in [1.29, 1.82) is 0 Å². The third-order valence-electron chi connectivity index (χ3n) is 3.30. The molecule has 0 fully saturated rings. The second-order valence-electron chi connectivity index (χ2n) is 6.80. The Labute approximate surface area is 134 Å². The quantitative estimate of drug-likeness (QED) is 0.679. The molecule has 1 radical (unpaired) electrons. The smallest absolute Gasteiger partial charge is 0.245 e. The van der Waals surface area contributed by atoms with Crippen LogP contribution in [0.3, 0.4) is 0 Å². The third kappa shape index (κ3) is 5.42. The van der Waals surface area contributed by atoms with Crippen molar-refractivity contribution in [2.75, 3.05) is 20.4 Å². The molecule has 1 aromatic rings. The molecule has 0 aliphatic heterocycles. The van der Waals surface area contributed by atoms with Crippen molar-refractivity contribution in [2.45, 2.75) is 34.1 Å². The lowest BCUT2D eigenvalue weighted by Crippen LogP contribution is -2.13. The van der Waals surface area contributed by atoms with Gasteiger partial charge in [-0.3, -0.25) is 9.36 Å². The fraction of sp³-hybridized carbons (Fsp3) is 0.588. The van der Waals surface area contributed by atoms with Crippen LogP contribution < -0.4 is 9.47 Å². The molecule has 123 valence electrons. The van der Waals surface area contributed by atoms with Gasteiger partial charge in [-0.2, -0.15) is 0 Å². The minimum atomic E-state index is -1.96. The second-order valence-corrected chi connectivity index (χ2v) is 8.33.